The first-order chi connectivity index (χ1) is 11.6. The SMILES string of the molecule is O=C(C=Cc1ccco1)Nc1ccc(CN2C(=O)CNC2=O)cc1. The Hall–Kier alpha value is -3.35. The lowest BCUT2D eigenvalue weighted by Gasteiger charge is -2.12. The summed E-state index contributed by atoms with van der Waals surface area (Å²) in [5.74, 6) is 0.0581. The standard InChI is InChI=1S/C17H15N3O4/c21-15(8-7-14-2-1-9-24-14)19-13-5-3-12(4-6-13)11-20-16(22)10-18-17(20)23/h1-9H,10-11H2,(H,18,23)(H,19,21). The molecule has 122 valence electrons. The molecular weight excluding hydrogens is 310 g/mol. The molecule has 0 aliphatic carbocycles. The number of imide groups is 1. The summed E-state index contributed by atoms with van der Waals surface area (Å²) in [5.41, 5.74) is 1.41. The third-order valence-corrected chi connectivity index (χ3v) is 3.44. The van der Waals surface area contributed by atoms with Crippen molar-refractivity contribution in [2.24, 2.45) is 0 Å². The lowest BCUT2D eigenvalue weighted by molar-refractivity contribution is -0.125. The molecule has 0 saturated carbocycles. The summed E-state index contributed by atoms with van der Waals surface area (Å²) >= 11 is 0. The van der Waals surface area contributed by atoms with Crippen LogP contribution in [0, 0.1) is 0 Å². The van der Waals surface area contributed by atoms with Crippen LogP contribution in [0.3, 0.4) is 0 Å². The van der Waals surface area contributed by atoms with Crippen LogP contribution in [0.2, 0.25) is 0 Å². The highest BCUT2D eigenvalue weighted by Gasteiger charge is 2.28. The summed E-state index contributed by atoms with van der Waals surface area (Å²) in [4.78, 5) is 36.0. The lowest BCUT2D eigenvalue weighted by atomic mass is 10.2. The van der Waals surface area contributed by atoms with Gasteiger partial charge in [-0.1, -0.05) is 12.1 Å². The summed E-state index contributed by atoms with van der Waals surface area (Å²) in [6, 6.07) is 10.0. The van der Waals surface area contributed by atoms with Crippen LogP contribution in [0.4, 0.5) is 10.5 Å². The highest BCUT2D eigenvalue weighted by molar-refractivity contribution is 6.02. The van der Waals surface area contributed by atoms with Crippen molar-refractivity contribution in [3.8, 4) is 0 Å². The Morgan fingerprint density at radius 3 is 2.67 bits per heavy atom. The number of nitrogens with one attached hydrogen (secondary N) is 2. The van der Waals surface area contributed by atoms with E-state index in [2.05, 4.69) is 10.6 Å². The van der Waals surface area contributed by atoms with Crippen molar-refractivity contribution >= 4 is 29.6 Å². The zero-order chi connectivity index (χ0) is 16.9. The molecule has 0 radical (unpaired) electrons. The van der Waals surface area contributed by atoms with E-state index in [-0.39, 0.29) is 30.9 Å². The maximum absolute atomic E-state index is 11.8. The molecular formula is C17H15N3O4. The predicted molar refractivity (Wildman–Crippen MR) is 86.8 cm³/mol. The van der Waals surface area contributed by atoms with Gasteiger partial charge < -0.3 is 15.1 Å². The van der Waals surface area contributed by atoms with Crippen LogP contribution in [-0.2, 0) is 16.1 Å². The molecule has 7 heteroatoms. The average molecular weight is 325 g/mol. The van der Waals surface area contributed by atoms with Crippen LogP contribution in [0.25, 0.3) is 6.08 Å². The molecule has 1 fully saturated rings. The molecule has 7 nitrogen and oxygen atoms in total. The smallest absolute Gasteiger partial charge is 0.324 e. The maximum Gasteiger partial charge on any atom is 0.324 e. The number of anilines is 1. The van der Waals surface area contributed by atoms with Gasteiger partial charge in [-0.2, -0.15) is 0 Å². The first kappa shape index (κ1) is 15.5. The van der Waals surface area contributed by atoms with E-state index in [4.69, 9.17) is 4.42 Å². The maximum atomic E-state index is 11.8. The highest BCUT2D eigenvalue weighted by atomic mass is 16.3. The van der Waals surface area contributed by atoms with Crippen LogP contribution in [0.5, 0.6) is 0 Å². The number of amides is 4. The number of rotatable bonds is 5. The van der Waals surface area contributed by atoms with Crippen LogP contribution >= 0.6 is 0 Å². The zero-order valence-electron chi connectivity index (χ0n) is 12.7. The molecule has 3 rings (SSSR count). The number of hydrogen-bond acceptors (Lipinski definition) is 4. The Bertz CT molecular complexity index is 763. The number of carbonyl (C=O) groups excluding carboxylic acids is 3. The van der Waals surface area contributed by atoms with Gasteiger partial charge in [-0.25, -0.2) is 4.79 Å². The van der Waals surface area contributed by atoms with Crippen LogP contribution in [0.15, 0.2) is 53.2 Å². The fourth-order valence-electron chi connectivity index (χ4n) is 2.22. The Morgan fingerprint density at radius 1 is 1.25 bits per heavy atom. The average Bonchev–Trinajstić information content (AvgIpc) is 3.20. The molecule has 2 N–H and O–H groups in total. The van der Waals surface area contributed by atoms with Gasteiger partial charge in [0.25, 0.3) is 0 Å². The topological polar surface area (TPSA) is 91.7 Å². The molecule has 2 aromatic rings. The minimum absolute atomic E-state index is 0.0367. The molecule has 1 aromatic heterocycles. The third kappa shape index (κ3) is 3.70. The lowest BCUT2D eigenvalue weighted by Crippen LogP contribution is -2.30. The number of benzene rings is 1. The van der Waals surface area contributed by atoms with E-state index in [0.717, 1.165) is 10.5 Å². The second-order valence-corrected chi connectivity index (χ2v) is 5.17. The Balaban J connectivity index is 1.57. The molecule has 24 heavy (non-hydrogen) atoms. The van der Waals surface area contributed by atoms with E-state index >= 15 is 0 Å². The summed E-state index contributed by atoms with van der Waals surface area (Å²) in [6.45, 7) is 0.242. The largest absolute Gasteiger partial charge is 0.465 e. The quantitative estimate of drug-likeness (QED) is 0.649. The summed E-state index contributed by atoms with van der Waals surface area (Å²) in [6.07, 6.45) is 4.48. The van der Waals surface area contributed by atoms with Crippen molar-refractivity contribution in [1.82, 2.24) is 10.2 Å². The predicted octanol–water partition coefficient (Wildman–Crippen LogP) is 1.98. The Morgan fingerprint density at radius 2 is 2.04 bits per heavy atom. The molecule has 2 heterocycles. The van der Waals surface area contributed by atoms with E-state index in [9.17, 15) is 14.4 Å². The molecule has 0 atom stereocenters. The number of hydrogen-bond donors (Lipinski definition) is 2. The van der Waals surface area contributed by atoms with Gasteiger partial charge in [0.15, 0.2) is 0 Å². The first-order valence-corrected chi connectivity index (χ1v) is 7.31. The van der Waals surface area contributed by atoms with E-state index < -0.39 is 0 Å². The van der Waals surface area contributed by atoms with Gasteiger partial charge in [-0.3, -0.25) is 14.5 Å². The first-order valence-electron chi connectivity index (χ1n) is 7.31. The number of furan rings is 1. The van der Waals surface area contributed by atoms with Gasteiger partial charge >= 0.3 is 6.03 Å². The van der Waals surface area contributed by atoms with Crippen molar-refractivity contribution < 1.29 is 18.8 Å². The van der Waals surface area contributed by atoms with Crippen molar-refractivity contribution in [3.05, 3.63) is 60.1 Å². The normalized spacial score (nSPS) is 14.2. The fourth-order valence-corrected chi connectivity index (χ4v) is 2.22. The van der Waals surface area contributed by atoms with E-state index in [1.165, 1.54) is 12.3 Å². The van der Waals surface area contributed by atoms with Crippen molar-refractivity contribution in [1.29, 1.82) is 0 Å². The molecule has 1 aromatic carbocycles. The Labute approximate surface area is 137 Å². The van der Waals surface area contributed by atoms with Gasteiger partial charge in [-0.05, 0) is 35.9 Å². The van der Waals surface area contributed by atoms with Gasteiger partial charge in [0.05, 0.1) is 19.4 Å². The number of urea groups is 1. The van der Waals surface area contributed by atoms with E-state index in [1.54, 1.807) is 42.5 Å². The highest BCUT2D eigenvalue weighted by Crippen LogP contribution is 2.13. The fraction of sp³-hybridized carbons (Fsp3) is 0.118. The van der Waals surface area contributed by atoms with E-state index in [1.807, 2.05) is 0 Å². The second-order valence-electron chi connectivity index (χ2n) is 5.17. The molecule has 0 spiro atoms. The van der Waals surface area contributed by atoms with Crippen molar-refractivity contribution in [2.45, 2.75) is 6.54 Å². The third-order valence-electron chi connectivity index (χ3n) is 3.44. The van der Waals surface area contributed by atoms with Crippen molar-refractivity contribution in [2.75, 3.05) is 11.9 Å². The van der Waals surface area contributed by atoms with Gasteiger partial charge in [0, 0.05) is 11.8 Å². The van der Waals surface area contributed by atoms with Gasteiger partial charge in [0.2, 0.25) is 11.8 Å². The van der Waals surface area contributed by atoms with Crippen LogP contribution in [0.1, 0.15) is 11.3 Å². The van der Waals surface area contributed by atoms with Gasteiger partial charge in [0.1, 0.15) is 5.76 Å². The van der Waals surface area contributed by atoms with Crippen molar-refractivity contribution in [3.63, 3.8) is 0 Å². The zero-order valence-corrected chi connectivity index (χ0v) is 12.7. The summed E-state index contributed by atoms with van der Waals surface area (Å²) in [7, 11) is 0. The molecule has 0 unspecified atom stereocenters. The van der Waals surface area contributed by atoms with Crippen LogP contribution < -0.4 is 10.6 Å². The second kappa shape index (κ2) is 6.82. The monoisotopic (exact) mass is 325 g/mol. The molecule has 1 saturated heterocycles. The minimum Gasteiger partial charge on any atom is -0.465 e. The Kier molecular flexibility index (Phi) is 4.42. The molecule has 0 bridgehead atoms. The molecule has 1 aliphatic rings. The minimum atomic E-state index is -0.388. The molecule has 4 amide bonds. The van der Waals surface area contributed by atoms with E-state index in [0.29, 0.717) is 11.4 Å². The number of nitrogens with zero attached hydrogens (tertiary/aromatic N) is 1. The number of carbonyl (C=O) groups is 3. The summed E-state index contributed by atoms with van der Waals surface area (Å²) in [5, 5.41) is 5.18. The van der Waals surface area contributed by atoms with Crippen LogP contribution in [-0.4, -0.2) is 29.3 Å². The molecule has 1 aliphatic heterocycles. The summed E-state index contributed by atoms with van der Waals surface area (Å²) < 4.78 is 5.10. The van der Waals surface area contributed by atoms with Gasteiger partial charge in [-0.15, -0.1) is 0 Å².